The van der Waals surface area contributed by atoms with Crippen molar-refractivity contribution >= 4 is 23.2 Å². The van der Waals surface area contributed by atoms with Crippen LogP contribution in [0.5, 0.6) is 5.75 Å². The van der Waals surface area contributed by atoms with Crippen LogP contribution in [0, 0.1) is 6.92 Å². The minimum absolute atomic E-state index is 0.131. The number of halogens is 1. The van der Waals surface area contributed by atoms with Gasteiger partial charge in [0, 0.05) is 24.2 Å². The van der Waals surface area contributed by atoms with Crippen molar-refractivity contribution in [1.29, 1.82) is 0 Å². The maximum atomic E-state index is 12.2. The number of carbonyl (C=O) groups excluding carboxylic acids is 1. The van der Waals surface area contributed by atoms with Gasteiger partial charge in [-0.3, -0.25) is 9.59 Å². The SMILES string of the molecule is COc1cc(Cl)c(C)cc1NC(=O)c1ccc(=O)n(C)n1. The lowest BCUT2D eigenvalue weighted by atomic mass is 10.2. The lowest BCUT2D eigenvalue weighted by Gasteiger charge is -2.12. The summed E-state index contributed by atoms with van der Waals surface area (Å²) in [6, 6.07) is 5.99. The Kier molecular flexibility index (Phi) is 4.28. The molecule has 0 bridgehead atoms. The third kappa shape index (κ3) is 3.22. The van der Waals surface area contributed by atoms with Crippen LogP contribution >= 0.6 is 11.6 Å². The summed E-state index contributed by atoms with van der Waals surface area (Å²) in [6.07, 6.45) is 0. The average molecular weight is 308 g/mol. The lowest BCUT2D eigenvalue weighted by Crippen LogP contribution is -2.23. The van der Waals surface area contributed by atoms with Crippen LogP contribution in [-0.4, -0.2) is 22.8 Å². The van der Waals surface area contributed by atoms with Crippen LogP contribution in [0.15, 0.2) is 29.1 Å². The number of aromatic nitrogens is 2. The molecular weight excluding hydrogens is 294 g/mol. The van der Waals surface area contributed by atoms with E-state index in [1.54, 1.807) is 12.1 Å². The zero-order chi connectivity index (χ0) is 15.6. The van der Waals surface area contributed by atoms with Gasteiger partial charge in [-0.15, -0.1) is 0 Å². The fraction of sp³-hybridized carbons (Fsp3) is 0.214. The van der Waals surface area contributed by atoms with Gasteiger partial charge in [0.05, 0.1) is 12.8 Å². The van der Waals surface area contributed by atoms with Crippen LogP contribution in [0.1, 0.15) is 16.1 Å². The molecule has 110 valence electrons. The van der Waals surface area contributed by atoms with Gasteiger partial charge in [0.2, 0.25) is 0 Å². The first-order valence-corrected chi connectivity index (χ1v) is 6.50. The van der Waals surface area contributed by atoms with Gasteiger partial charge >= 0.3 is 0 Å². The third-order valence-electron chi connectivity index (χ3n) is 2.92. The van der Waals surface area contributed by atoms with Crippen LogP contribution in [-0.2, 0) is 7.05 Å². The average Bonchev–Trinajstić information content (AvgIpc) is 2.45. The smallest absolute Gasteiger partial charge is 0.276 e. The first-order chi connectivity index (χ1) is 9.92. The van der Waals surface area contributed by atoms with Gasteiger partial charge in [-0.1, -0.05) is 11.6 Å². The van der Waals surface area contributed by atoms with Crippen molar-refractivity contribution in [3.05, 3.63) is 50.9 Å². The molecule has 1 amide bonds. The highest BCUT2D eigenvalue weighted by atomic mass is 35.5. The number of methoxy groups -OCH3 is 1. The van der Waals surface area contributed by atoms with E-state index in [-0.39, 0.29) is 11.3 Å². The van der Waals surface area contributed by atoms with Crippen molar-refractivity contribution in [2.45, 2.75) is 6.92 Å². The number of nitrogens with one attached hydrogen (secondary N) is 1. The molecule has 7 heteroatoms. The van der Waals surface area contributed by atoms with E-state index in [0.29, 0.717) is 16.5 Å². The zero-order valence-corrected chi connectivity index (χ0v) is 12.6. The molecule has 2 rings (SSSR count). The van der Waals surface area contributed by atoms with Crippen molar-refractivity contribution in [3.63, 3.8) is 0 Å². The molecule has 0 aliphatic carbocycles. The Morgan fingerprint density at radius 3 is 2.71 bits per heavy atom. The highest BCUT2D eigenvalue weighted by Gasteiger charge is 2.13. The number of hydrogen-bond acceptors (Lipinski definition) is 4. The Hall–Kier alpha value is -2.34. The quantitative estimate of drug-likeness (QED) is 0.941. The minimum Gasteiger partial charge on any atom is -0.495 e. The predicted molar refractivity (Wildman–Crippen MR) is 80.2 cm³/mol. The molecule has 1 aromatic heterocycles. The molecule has 0 saturated heterocycles. The summed E-state index contributed by atoms with van der Waals surface area (Å²) in [4.78, 5) is 23.4. The summed E-state index contributed by atoms with van der Waals surface area (Å²) in [6.45, 7) is 1.82. The normalized spacial score (nSPS) is 10.3. The van der Waals surface area contributed by atoms with Crippen molar-refractivity contribution in [2.75, 3.05) is 12.4 Å². The number of nitrogens with zero attached hydrogens (tertiary/aromatic N) is 2. The van der Waals surface area contributed by atoms with E-state index in [9.17, 15) is 9.59 Å². The molecule has 0 fully saturated rings. The van der Waals surface area contributed by atoms with Gasteiger partial charge in [0.15, 0.2) is 0 Å². The summed E-state index contributed by atoms with van der Waals surface area (Å²) in [5.74, 6) is 0.00870. The van der Waals surface area contributed by atoms with Gasteiger partial charge in [-0.2, -0.15) is 5.10 Å². The molecule has 0 saturated carbocycles. The van der Waals surface area contributed by atoms with Crippen LogP contribution in [0.2, 0.25) is 5.02 Å². The molecule has 1 N–H and O–H groups in total. The van der Waals surface area contributed by atoms with Gasteiger partial charge in [0.1, 0.15) is 11.4 Å². The summed E-state index contributed by atoms with van der Waals surface area (Å²) in [7, 11) is 2.97. The molecule has 0 spiro atoms. The third-order valence-corrected chi connectivity index (χ3v) is 3.33. The Balaban J connectivity index is 2.33. The first kappa shape index (κ1) is 15.1. The fourth-order valence-corrected chi connectivity index (χ4v) is 1.89. The summed E-state index contributed by atoms with van der Waals surface area (Å²) in [5, 5.41) is 7.13. The van der Waals surface area contributed by atoms with Crippen molar-refractivity contribution < 1.29 is 9.53 Å². The lowest BCUT2D eigenvalue weighted by molar-refractivity contribution is 0.101. The van der Waals surface area contributed by atoms with E-state index >= 15 is 0 Å². The van der Waals surface area contributed by atoms with Gasteiger partial charge < -0.3 is 10.1 Å². The van der Waals surface area contributed by atoms with Crippen LogP contribution in [0.25, 0.3) is 0 Å². The molecule has 1 aromatic carbocycles. The molecule has 1 heterocycles. The molecule has 0 aliphatic heterocycles. The van der Waals surface area contributed by atoms with E-state index < -0.39 is 5.91 Å². The van der Waals surface area contributed by atoms with E-state index in [2.05, 4.69) is 10.4 Å². The van der Waals surface area contributed by atoms with Gasteiger partial charge in [-0.05, 0) is 24.6 Å². The van der Waals surface area contributed by atoms with Gasteiger partial charge in [0.25, 0.3) is 11.5 Å². The van der Waals surface area contributed by atoms with Crippen molar-refractivity contribution in [2.24, 2.45) is 7.05 Å². The van der Waals surface area contributed by atoms with Crippen LogP contribution < -0.4 is 15.6 Å². The van der Waals surface area contributed by atoms with Crippen LogP contribution in [0.3, 0.4) is 0 Å². The number of amides is 1. The number of rotatable bonds is 3. The number of aryl methyl sites for hydroxylation is 2. The monoisotopic (exact) mass is 307 g/mol. The summed E-state index contributed by atoms with van der Waals surface area (Å²) in [5.41, 5.74) is 1.14. The Bertz CT molecular complexity index is 756. The van der Waals surface area contributed by atoms with Crippen molar-refractivity contribution in [1.82, 2.24) is 9.78 Å². The second-order valence-corrected chi connectivity index (χ2v) is 4.84. The highest BCUT2D eigenvalue weighted by Crippen LogP contribution is 2.31. The number of hydrogen-bond donors (Lipinski definition) is 1. The van der Waals surface area contributed by atoms with E-state index in [0.717, 1.165) is 10.2 Å². The fourth-order valence-electron chi connectivity index (χ4n) is 1.74. The first-order valence-electron chi connectivity index (χ1n) is 6.12. The minimum atomic E-state index is -0.439. The predicted octanol–water partition coefficient (Wildman–Crippen LogP) is 2.00. The van der Waals surface area contributed by atoms with E-state index in [1.165, 1.54) is 26.3 Å². The van der Waals surface area contributed by atoms with E-state index in [1.807, 2.05) is 6.92 Å². The Labute approximate surface area is 126 Å². The molecule has 2 aromatic rings. The maximum Gasteiger partial charge on any atom is 0.276 e. The second kappa shape index (κ2) is 5.97. The van der Waals surface area contributed by atoms with Crippen molar-refractivity contribution in [3.8, 4) is 5.75 Å². The molecule has 21 heavy (non-hydrogen) atoms. The number of benzene rings is 1. The van der Waals surface area contributed by atoms with Gasteiger partial charge in [-0.25, -0.2) is 4.68 Å². The second-order valence-electron chi connectivity index (χ2n) is 4.44. The van der Waals surface area contributed by atoms with E-state index in [4.69, 9.17) is 16.3 Å². The summed E-state index contributed by atoms with van der Waals surface area (Å²) < 4.78 is 6.28. The molecule has 0 atom stereocenters. The highest BCUT2D eigenvalue weighted by molar-refractivity contribution is 6.31. The molecule has 0 radical (unpaired) electrons. The number of anilines is 1. The largest absolute Gasteiger partial charge is 0.495 e. The molecule has 0 aliphatic rings. The molecule has 6 nitrogen and oxygen atoms in total. The zero-order valence-electron chi connectivity index (χ0n) is 11.8. The Morgan fingerprint density at radius 1 is 1.38 bits per heavy atom. The number of ether oxygens (including phenoxy) is 1. The maximum absolute atomic E-state index is 12.2. The van der Waals surface area contributed by atoms with Crippen LogP contribution in [0.4, 0.5) is 5.69 Å². The number of carbonyl (C=O) groups is 1. The molecule has 0 unspecified atom stereocenters. The Morgan fingerprint density at radius 2 is 2.10 bits per heavy atom. The molecular formula is C14H14ClN3O3. The topological polar surface area (TPSA) is 73.2 Å². The summed E-state index contributed by atoms with van der Waals surface area (Å²) >= 11 is 6.01. The standard InChI is InChI=1S/C14H14ClN3O3/c1-8-6-11(12(21-3)7-9(8)15)16-14(20)10-4-5-13(19)18(2)17-10/h4-7H,1-3H3,(H,16,20).